The molecule has 0 fully saturated rings. The number of hydrogen-bond acceptors (Lipinski definition) is 7. The molecule has 15 rings (SSSR count). The highest BCUT2D eigenvalue weighted by atomic mass is 16.5. The van der Waals surface area contributed by atoms with Crippen LogP contribution in [0.15, 0.2) is 224 Å². The Morgan fingerprint density at radius 1 is 0.346 bits per heavy atom. The molecule has 0 saturated heterocycles. The van der Waals surface area contributed by atoms with Gasteiger partial charge in [0.15, 0.2) is 34.9 Å². The van der Waals surface area contributed by atoms with Crippen molar-refractivity contribution in [2.45, 2.75) is 20.8 Å². The smallest absolute Gasteiger partial charge is 0.256 e. The number of rotatable bonds is 8. The van der Waals surface area contributed by atoms with E-state index in [9.17, 15) is 0 Å². The number of aryl methyl sites for hydroxylation is 3. The molecule has 2 aliphatic heterocycles. The van der Waals surface area contributed by atoms with Crippen LogP contribution in [0.25, 0.3) is 118 Å². The number of ether oxygens (including phenoxy) is 1. The summed E-state index contributed by atoms with van der Waals surface area (Å²) in [5, 5.41) is 2.09. The third-order valence-electron chi connectivity index (χ3n) is 15.4. The van der Waals surface area contributed by atoms with Crippen LogP contribution in [0.1, 0.15) is 16.7 Å². The van der Waals surface area contributed by atoms with Gasteiger partial charge < -0.3 is 9.30 Å². The van der Waals surface area contributed by atoms with E-state index in [4.69, 9.17) is 34.6 Å². The van der Waals surface area contributed by atoms with Crippen LogP contribution in [0, 0.1) is 20.8 Å². The first kappa shape index (κ1) is 45.3. The lowest BCUT2D eigenvalue weighted by Gasteiger charge is -2.34. The van der Waals surface area contributed by atoms with Crippen LogP contribution in [0.2, 0.25) is 0 Å². The van der Waals surface area contributed by atoms with Gasteiger partial charge in [-0.05, 0) is 113 Å². The van der Waals surface area contributed by atoms with Crippen LogP contribution in [0.5, 0.6) is 11.5 Å². The first-order valence-electron chi connectivity index (χ1n) is 26.4. The van der Waals surface area contributed by atoms with Crippen molar-refractivity contribution >= 4 is 44.9 Å². The maximum Gasteiger partial charge on any atom is 0.256 e. The SMILES string of the molecule is Cc1cc(C)c(-c2cc3c4c(c2)-n2c5ccc(-c6nc(-c7ccccc7)nc(-c7ccccc7)n6)cc5c5cc(-c6nc(-c7ccccc7)nc(-c7ccccc7)n6)cc(c52)B4c2cc(-c4ccccc4)ccc2O3)c(C)c1. The fraction of sp³-hybridized carbons (Fsp3) is 0.0435. The molecule has 0 N–H and O–H groups in total. The van der Waals surface area contributed by atoms with E-state index < -0.39 is 0 Å². The van der Waals surface area contributed by atoms with Gasteiger partial charge in [-0.1, -0.05) is 188 Å². The molecule has 78 heavy (non-hydrogen) atoms. The Morgan fingerprint density at radius 3 is 1.32 bits per heavy atom. The molecule has 5 heterocycles. The Labute approximate surface area is 451 Å². The molecule has 3 aromatic heterocycles. The highest BCUT2D eigenvalue weighted by Crippen LogP contribution is 2.43. The van der Waals surface area contributed by atoms with Gasteiger partial charge in [-0.2, -0.15) is 0 Å². The minimum atomic E-state index is -0.232. The summed E-state index contributed by atoms with van der Waals surface area (Å²) in [4.78, 5) is 31.3. The van der Waals surface area contributed by atoms with Crippen molar-refractivity contribution in [3.8, 4) is 108 Å². The second kappa shape index (κ2) is 18.0. The van der Waals surface area contributed by atoms with Crippen LogP contribution in [-0.4, -0.2) is 41.2 Å². The van der Waals surface area contributed by atoms with Crippen molar-refractivity contribution in [3.63, 3.8) is 0 Å². The van der Waals surface area contributed by atoms with E-state index in [0.717, 1.165) is 105 Å². The maximum absolute atomic E-state index is 7.23. The summed E-state index contributed by atoms with van der Waals surface area (Å²) in [5.41, 5.74) is 20.2. The average molecular weight is 1000 g/mol. The van der Waals surface area contributed by atoms with Gasteiger partial charge in [0.25, 0.3) is 6.71 Å². The second-order valence-electron chi connectivity index (χ2n) is 20.4. The lowest BCUT2D eigenvalue weighted by Crippen LogP contribution is -2.58. The summed E-state index contributed by atoms with van der Waals surface area (Å²) in [6, 6.07) is 78.4. The monoisotopic (exact) mass is 999 g/mol. The molecular formula is C69H46BN7O. The fourth-order valence-electron chi connectivity index (χ4n) is 12.0. The van der Waals surface area contributed by atoms with E-state index in [1.807, 2.05) is 97.1 Å². The molecule has 0 aliphatic carbocycles. The topological polar surface area (TPSA) is 91.5 Å². The van der Waals surface area contributed by atoms with Crippen molar-refractivity contribution in [1.29, 1.82) is 0 Å². The van der Waals surface area contributed by atoms with E-state index >= 15 is 0 Å². The predicted molar refractivity (Wildman–Crippen MR) is 316 cm³/mol. The predicted octanol–water partition coefficient (Wildman–Crippen LogP) is 14.4. The van der Waals surface area contributed by atoms with Crippen LogP contribution in [0.4, 0.5) is 0 Å². The number of aromatic nitrogens is 7. The Morgan fingerprint density at radius 2 is 0.795 bits per heavy atom. The summed E-state index contributed by atoms with van der Waals surface area (Å²) in [5.74, 6) is 5.22. The van der Waals surface area contributed by atoms with Gasteiger partial charge >= 0.3 is 0 Å². The molecule has 0 radical (unpaired) electrons. The Balaban J connectivity index is 1.05. The molecule has 10 aromatic carbocycles. The molecule has 9 heteroatoms. The van der Waals surface area contributed by atoms with Crippen LogP contribution in [0.3, 0.4) is 0 Å². The minimum Gasteiger partial charge on any atom is -0.458 e. The Hall–Kier alpha value is -10.1. The van der Waals surface area contributed by atoms with Crippen LogP contribution >= 0.6 is 0 Å². The van der Waals surface area contributed by atoms with Crippen molar-refractivity contribution < 1.29 is 4.74 Å². The molecule has 366 valence electrons. The Kier molecular flexibility index (Phi) is 10.5. The van der Waals surface area contributed by atoms with E-state index in [1.165, 1.54) is 22.3 Å². The van der Waals surface area contributed by atoms with E-state index in [1.54, 1.807) is 0 Å². The van der Waals surface area contributed by atoms with Gasteiger partial charge in [-0.25, -0.2) is 29.9 Å². The van der Waals surface area contributed by atoms with Crippen molar-refractivity contribution in [1.82, 2.24) is 34.5 Å². The van der Waals surface area contributed by atoms with Crippen molar-refractivity contribution in [2.75, 3.05) is 0 Å². The highest BCUT2D eigenvalue weighted by Gasteiger charge is 2.42. The number of benzene rings is 10. The molecule has 0 saturated carbocycles. The summed E-state index contributed by atoms with van der Waals surface area (Å²) in [7, 11) is 0. The zero-order valence-corrected chi connectivity index (χ0v) is 43.0. The average Bonchev–Trinajstić information content (AvgIpc) is 2.93. The largest absolute Gasteiger partial charge is 0.458 e. The summed E-state index contributed by atoms with van der Waals surface area (Å²) in [6.07, 6.45) is 0. The third-order valence-corrected chi connectivity index (χ3v) is 15.4. The zero-order chi connectivity index (χ0) is 52.0. The van der Waals surface area contributed by atoms with E-state index in [-0.39, 0.29) is 6.71 Å². The number of nitrogens with zero attached hydrogens (tertiary/aromatic N) is 7. The van der Waals surface area contributed by atoms with E-state index in [2.05, 4.69) is 153 Å². The lowest BCUT2D eigenvalue weighted by molar-refractivity contribution is 0.487. The van der Waals surface area contributed by atoms with Gasteiger partial charge in [0.2, 0.25) is 0 Å². The van der Waals surface area contributed by atoms with Gasteiger partial charge in [-0.15, -0.1) is 0 Å². The zero-order valence-electron chi connectivity index (χ0n) is 43.0. The molecule has 0 atom stereocenters. The Bertz CT molecular complexity index is 4410. The summed E-state index contributed by atoms with van der Waals surface area (Å²) >= 11 is 0. The molecule has 8 nitrogen and oxygen atoms in total. The fourth-order valence-corrected chi connectivity index (χ4v) is 12.0. The summed E-state index contributed by atoms with van der Waals surface area (Å²) < 4.78 is 9.70. The highest BCUT2D eigenvalue weighted by molar-refractivity contribution is 6.99. The first-order valence-corrected chi connectivity index (χ1v) is 26.4. The molecule has 13 aromatic rings. The molecule has 0 bridgehead atoms. The quantitative estimate of drug-likeness (QED) is 0.140. The summed E-state index contributed by atoms with van der Waals surface area (Å²) in [6.45, 7) is 6.37. The maximum atomic E-state index is 7.23. The molecule has 0 amide bonds. The lowest BCUT2D eigenvalue weighted by atomic mass is 9.34. The molecular weight excluding hydrogens is 954 g/mol. The normalized spacial score (nSPS) is 12.1. The second-order valence-corrected chi connectivity index (χ2v) is 20.4. The minimum absolute atomic E-state index is 0.232. The molecule has 0 spiro atoms. The van der Waals surface area contributed by atoms with Gasteiger partial charge in [0.05, 0.1) is 5.52 Å². The van der Waals surface area contributed by atoms with Crippen LogP contribution in [-0.2, 0) is 0 Å². The van der Waals surface area contributed by atoms with Gasteiger partial charge in [-0.3, -0.25) is 0 Å². The van der Waals surface area contributed by atoms with Gasteiger partial charge in [0.1, 0.15) is 11.5 Å². The van der Waals surface area contributed by atoms with Crippen LogP contribution < -0.4 is 21.1 Å². The molecule has 0 unspecified atom stereocenters. The standard InChI is InChI=1S/C69H46BN7O/c1-41-33-42(2)61(43(3)34-41)51-39-58-62-60(40-51)78-59-32-30-49(44-19-9-4-10-20-44)37-55(59)70(62)56-38-52(69-75-66(47-25-15-7-16-26-47)72-67(76-69)48-27-17-8-18-28-48)36-54-53-35-50(29-31-57(53)77(58)63(54)56)68-73-64(45-21-11-5-12-22-45)71-65(74-68)46-23-13-6-14-24-46/h4-40H,1-3H3. The molecule has 2 aliphatic rings. The van der Waals surface area contributed by atoms with Gasteiger partial charge in [0, 0.05) is 55.4 Å². The number of fused-ring (bicyclic) bond motifs is 7. The van der Waals surface area contributed by atoms with E-state index in [0.29, 0.717) is 34.9 Å². The van der Waals surface area contributed by atoms with Crippen molar-refractivity contribution in [3.05, 3.63) is 241 Å². The van der Waals surface area contributed by atoms with Crippen molar-refractivity contribution in [2.24, 2.45) is 0 Å². The third kappa shape index (κ3) is 7.53. The first-order chi connectivity index (χ1) is 38.4. The number of hydrogen-bond donors (Lipinski definition) is 0.